The molecule has 0 aliphatic heterocycles. The number of carbonyl (C=O) groups is 2. The summed E-state index contributed by atoms with van der Waals surface area (Å²) in [5, 5.41) is 0. The summed E-state index contributed by atoms with van der Waals surface area (Å²) in [6, 6.07) is 6.44. The summed E-state index contributed by atoms with van der Waals surface area (Å²) in [5.74, 6) is 0.490. The topological polar surface area (TPSA) is 46.6 Å². The van der Waals surface area contributed by atoms with Crippen molar-refractivity contribution in [1.29, 1.82) is 0 Å². The molecule has 24 heavy (non-hydrogen) atoms. The van der Waals surface area contributed by atoms with E-state index in [1.165, 1.54) is 12.7 Å². The van der Waals surface area contributed by atoms with Crippen molar-refractivity contribution in [2.75, 3.05) is 25.1 Å². The fourth-order valence-corrected chi connectivity index (χ4v) is 2.67. The summed E-state index contributed by atoms with van der Waals surface area (Å²) in [5.41, 5.74) is 3.53. The Balaban J connectivity index is 2.95. The van der Waals surface area contributed by atoms with Gasteiger partial charge in [0.15, 0.2) is 0 Å². The Morgan fingerprint density at radius 3 is 2.38 bits per heavy atom. The van der Waals surface area contributed by atoms with E-state index in [9.17, 15) is 9.59 Å². The van der Waals surface area contributed by atoms with Gasteiger partial charge in [0.25, 0.3) is 0 Å². The number of nitrogens with zero attached hydrogens (tertiary/aromatic N) is 1. The van der Waals surface area contributed by atoms with Crippen LogP contribution in [-0.4, -0.2) is 32.0 Å². The maximum absolute atomic E-state index is 11.9. The monoisotopic (exact) mass is 333 g/mol. The summed E-state index contributed by atoms with van der Waals surface area (Å²) in [6.45, 7) is 9.62. The van der Waals surface area contributed by atoms with Gasteiger partial charge >= 0.3 is 5.97 Å². The summed E-state index contributed by atoms with van der Waals surface area (Å²) in [4.78, 5) is 25.6. The average molecular weight is 333 g/mol. The van der Waals surface area contributed by atoms with Gasteiger partial charge in [-0.05, 0) is 36.5 Å². The predicted molar refractivity (Wildman–Crippen MR) is 98.6 cm³/mol. The van der Waals surface area contributed by atoms with Gasteiger partial charge in [0.1, 0.15) is 5.78 Å². The summed E-state index contributed by atoms with van der Waals surface area (Å²) in [7, 11) is 1.40. The highest BCUT2D eigenvalue weighted by atomic mass is 16.5. The maximum atomic E-state index is 11.9. The van der Waals surface area contributed by atoms with Crippen molar-refractivity contribution in [3.63, 3.8) is 0 Å². The van der Waals surface area contributed by atoms with E-state index in [-0.39, 0.29) is 11.8 Å². The van der Waals surface area contributed by atoms with E-state index < -0.39 is 0 Å². The van der Waals surface area contributed by atoms with Gasteiger partial charge in [0, 0.05) is 31.6 Å². The third-order valence-corrected chi connectivity index (χ3v) is 4.24. The Morgan fingerprint density at radius 1 is 1.12 bits per heavy atom. The molecule has 4 heteroatoms. The van der Waals surface area contributed by atoms with Crippen LogP contribution in [0.4, 0.5) is 5.69 Å². The lowest BCUT2D eigenvalue weighted by Gasteiger charge is -2.27. The molecule has 0 aliphatic carbocycles. The minimum absolute atomic E-state index is 0.224. The SMILES string of the molecule is CCCC(=O)CCN(CCC(=O)OC)c1cc(C(C)C)ccc1C. The van der Waals surface area contributed by atoms with Crippen LogP contribution in [0.5, 0.6) is 0 Å². The average Bonchev–Trinajstić information content (AvgIpc) is 2.55. The first kappa shape index (κ1) is 20.2. The van der Waals surface area contributed by atoms with Crippen molar-refractivity contribution in [2.24, 2.45) is 0 Å². The van der Waals surface area contributed by atoms with Gasteiger partial charge < -0.3 is 9.64 Å². The van der Waals surface area contributed by atoms with Crippen LogP contribution >= 0.6 is 0 Å². The van der Waals surface area contributed by atoms with Gasteiger partial charge in [-0.3, -0.25) is 9.59 Å². The van der Waals surface area contributed by atoms with Crippen LogP contribution in [0, 0.1) is 6.92 Å². The zero-order valence-electron chi connectivity index (χ0n) is 15.7. The van der Waals surface area contributed by atoms with Crippen molar-refractivity contribution >= 4 is 17.4 Å². The van der Waals surface area contributed by atoms with Crippen LogP contribution in [0.1, 0.15) is 63.5 Å². The van der Waals surface area contributed by atoms with Crippen LogP contribution in [0.2, 0.25) is 0 Å². The van der Waals surface area contributed by atoms with Crippen molar-refractivity contribution in [3.05, 3.63) is 29.3 Å². The minimum Gasteiger partial charge on any atom is -0.469 e. The molecular weight excluding hydrogens is 302 g/mol. The first-order chi connectivity index (χ1) is 11.4. The quantitative estimate of drug-likeness (QED) is 0.601. The van der Waals surface area contributed by atoms with Gasteiger partial charge in [-0.1, -0.05) is 32.9 Å². The molecule has 0 bridgehead atoms. The predicted octanol–water partition coefficient (Wildman–Crippen LogP) is 4.25. The summed E-state index contributed by atoms with van der Waals surface area (Å²) < 4.78 is 4.76. The number of aryl methyl sites for hydroxylation is 1. The normalized spacial score (nSPS) is 10.8. The Hall–Kier alpha value is -1.84. The third-order valence-electron chi connectivity index (χ3n) is 4.24. The number of Topliss-reactive ketones (excluding diaryl/α,β-unsaturated/α-hetero) is 1. The number of esters is 1. The van der Waals surface area contributed by atoms with Gasteiger partial charge in [-0.2, -0.15) is 0 Å². The fraction of sp³-hybridized carbons (Fsp3) is 0.600. The van der Waals surface area contributed by atoms with Crippen molar-refractivity contribution in [1.82, 2.24) is 0 Å². The molecule has 0 aliphatic rings. The second-order valence-electron chi connectivity index (χ2n) is 6.55. The van der Waals surface area contributed by atoms with Crippen LogP contribution < -0.4 is 4.90 Å². The number of anilines is 1. The molecule has 0 heterocycles. The molecule has 134 valence electrons. The smallest absolute Gasteiger partial charge is 0.307 e. The molecule has 0 fully saturated rings. The van der Waals surface area contributed by atoms with Crippen molar-refractivity contribution < 1.29 is 14.3 Å². The van der Waals surface area contributed by atoms with Crippen LogP contribution in [0.25, 0.3) is 0 Å². The van der Waals surface area contributed by atoms with Crippen LogP contribution in [-0.2, 0) is 14.3 Å². The van der Waals surface area contributed by atoms with E-state index >= 15 is 0 Å². The van der Waals surface area contributed by atoms with E-state index in [0.717, 1.165) is 17.7 Å². The number of rotatable bonds is 10. The molecule has 1 aromatic rings. The third kappa shape index (κ3) is 6.34. The Bertz CT molecular complexity index is 552. The number of benzene rings is 1. The second kappa shape index (κ2) is 10.1. The van der Waals surface area contributed by atoms with Gasteiger partial charge in [0.05, 0.1) is 13.5 Å². The minimum atomic E-state index is -0.224. The summed E-state index contributed by atoms with van der Waals surface area (Å²) in [6.07, 6.45) is 2.34. The Morgan fingerprint density at radius 2 is 1.79 bits per heavy atom. The lowest BCUT2D eigenvalue weighted by molar-refractivity contribution is -0.140. The highest BCUT2D eigenvalue weighted by molar-refractivity contribution is 5.79. The molecule has 1 aromatic carbocycles. The zero-order chi connectivity index (χ0) is 18.1. The van der Waals surface area contributed by atoms with Gasteiger partial charge in [-0.25, -0.2) is 0 Å². The molecule has 0 spiro atoms. The Kier molecular flexibility index (Phi) is 8.51. The second-order valence-corrected chi connectivity index (χ2v) is 6.55. The van der Waals surface area contributed by atoms with E-state index in [0.29, 0.717) is 38.3 Å². The van der Waals surface area contributed by atoms with Crippen molar-refractivity contribution in [2.45, 2.75) is 59.3 Å². The van der Waals surface area contributed by atoms with E-state index in [1.54, 1.807) is 0 Å². The fourth-order valence-electron chi connectivity index (χ4n) is 2.67. The van der Waals surface area contributed by atoms with Crippen LogP contribution in [0.3, 0.4) is 0 Å². The lowest BCUT2D eigenvalue weighted by Crippen LogP contribution is -2.29. The molecule has 0 radical (unpaired) electrons. The molecule has 0 amide bonds. The highest BCUT2D eigenvalue weighted by Crippen LogP contribution is 2.26. The summed E-state index contributed by atoms with van der Waals surface area (Å²) >= 11 is 0. The van der Waals surface area contributed by atoms with Gasteiger partial charge in [-0.15, -0.1) is 0 Å². The highest BCUT2D eigenvalue weighted by Gasteiger charge is 2.15. The number of ketones is 1. The number of carbonyl (C=O) groups excluding carboxylic acids is 2. The molecule has 0 atom stereocenters. The standard InChI is InChI=1S/C20H31NO3/c1-6-7-18(22)10-12-21(13-11-20(23)24-5)19-14-17(15(2)3)9-8-16(19)4/h8-9,14-15H,6-7,10-13H2,1-5H3. The molecule has 0 N–H and O–H groups in total. The first-order valence-corrected chi connectivity index (χ1v) is 8.83. The van der Waals surface area contributed by atoms with Gasteiger partial charge in [0.2, 0.25) is 0 Å². The number of ether oxygens (including phenoxy) is 1. The van der Waals surface area contributed by atoms with E-state index in [1.807, 2.05) is 6.92 Å². The Labute approximate surface area is 146 Å². The number of hydrogen-bond acceptors (Lipinski definition) is 4. The first-order valence-electron chi connectivity index (χ1n) is 8.83. The van der Waals surface area contributed by atoms with E-state index in [2.05, 4.69) is 43.9 Å². The number of methoxy groups -OCH3 is 1. The maximum Gasteiger partial charge on any atom is 0.307 e. The molecule has 0 saturated carbocycles. The lowest BCUT2D eigenvalue weighted by atomic mass is 10.00. The molecule has 0 unspecified atom stereocenters. The zero-order valence-corrected chi connectivity index (χ0v) is 15.7. The largest absolute Gasteiger partial charge is 0.469 e. The number of hydrogen-bond donors (Lipinski definition) is 0. The molecule has 0 aromatic heterocycles. The molecular formula is C20H31NO3. The molecule has 0 saturated heterocycles. The molecule has 1 rings (SSSR count). The van der Waals surface area contributed by atoms with E-state index in [4.69, 9.17) is 4.74 Å². The van der Waals surface area contributed by atoms with Crippen molar-refractivity contribution in [3.8, 4) is 0 Å². The van der Waals surface area contributed by atoms with Crippen LogP contribution in [0.15, 0.2) is 18.2 Å². The molecule has 4 nitrogen and oxygen atoms in total.